The van der Waals surface area contributed by atoms with Crippen molar-refractivity contribution < 1.29 is 4.79 Å². The topological polar surface area (TPSA) is 25.2 Å². The maximum atomic E-state index is 12.5. The molecule has 0 aliphatic heterocycles. The highest BCUT2D eigenvalue weighted by Gasteiger charge is 2.22. The number of benzene rings is 1. The quantitative estimate of drug-likeness (QED) is 0.838. The van der Waals surface area contributed by atoms with Crippen LogP contribution in [0.4, 0.5) is 0 Å². The zero-order valence-electron chi connectivity index (χ0n) is 12.4. The molecule has 21 heavy (non-hydrogen) atoms. The van der Waals surface area contributed by atoms with Crippen molar-refractivity contribution in [3.8, 4) is 0 Å². The van der Waals surface area contributed by atoms with Gasteiger partial charge in [-0.25, -0.2) is 0 Å². The second-order valence-electron chi connectivity index (χ2n) is 5.94. The molecule has 0 spiro atoms. The van der Waals surface area contributed by atoms with Gasteiger partial charge in [-0.2, -0.15) is 0 Å². The Hall–Kier alpha value is -1.48. The first-order valence-corrected chi connectivity index (χ1v) is 8.03. The van der Waals surface area contributed by atoms with Gasteiger partial charge in [0.05, 0.1) is 0 Å². The maximum absolute atomic E-state index is 12.5. The van der Waals surface area contributed by atoms with Gasteiger partial charge in [-0.3, -0.25) is 4.79 Å². The molecule has 1 heterocycles. The predicted molar refractivity (Wildman–Crippen MR) is 86.6 cm³/mol. The zero-order chi connectivity index (χ0) is 14.8. The van der Waals surface area contributed by atoms with Crippen LogP contribution >= 0.6 is 11.6 Å². The van der Waals surface area contributed by atoms with E-state index in [1.165, 1.54) is 19.3 Å². The fraction of sp³-hybridized carbons (Fsp3) is 0.471. The minimum atomic E-state index is 0.189. The fourth-order valence-electron chi connectivity index (χ4n) is 3.24. The lowest BCUT2D eigenvalue weighted by molar-refractivity contribution is -0.133. The van der Waals surface area contributed by atoms with Gasteiger partial charge in [0.15, 0.2) is 0 Å². The van der Waals surface area contributed by atoms with Gasteiger partial charge >= 0.3 is 0 Å². The zero-order valence-corrected chi connectivity index (χ0v) is 13.1. The normalized spacial score (nSPS) is 16.3. The van der Waals surface area contributed by atoms with Crippen LogP contribution in [-0.2, 0) is 11.3 Å². The van der Waals surface area contributed by atoms with Crippen molar-refractivity contribution in [3.63, 3.8) is 0 Å². The summed E-state index contributed by atoms with van der Waals surface area (Å²) >= 11 is 6.00. The Morgan fingerprint density at radius 3 is 2.81 bits per heavy atom. The van der Waals surface area contributed by atoms with Crippen LogP contribution < -0.4 is 0 Å². The Morgan fingerprint density at radius 2 is 2.05 bits per heavy atom. The van der Waals surface area contributed by atoms with Gasteiger partial charge in [-0.15, -0.1) is 0 Å². The molecule has 1 aromatic carbocycles. The molecule has 1 aromatic heterocycles. The summed E-state index contributed by atoms with van der Waals surface area (Å²) in [5.41, 5.74) is 1.06. The standard InChI is InChI=1S/C17H21ClN2O/c1-19(15-5-3-2-4-6-15)17(21)12-20-10-9-13-11-14(18)7-8-16(13)20/h7-11,15H,2-6,12H2,1H3. The largest absolute Gasteiger partial charge is 0.341 e. The van der Waals surface area contributed by atoms with Gasteiger partial charge in [0.25, 0.3) is 0 Å². The fourth-order valence-corrected chi connectivity index (χ4v) is 3.42. The third kappa shape index (κ3) is 3.08. The summed E-state index contributed by atoms with van der Waals surface area (Å²) in [4.78, 5) is 14.4. The van der Waals surface area contributed by atoms with E-state index in [4.69, 9.17) is 11.6 Å². The molecule has 0 saturated heterocycles. The molecule has 1 aliphatic rings. The lowest BCUT2D eigenvalue weighted by atomic mass is 9.94. The van der Waals surface area contributed by atoms with Crippen LogP contribution in [0.1, 0.15) is 32.1 Å². The van der Waals surface area contributed by atoms with Gasteiger partial charge in [-0.05, 0) is 37.1 Å². The van der Waals surface area contributed by atoms with Crippen LogP contribution in [-0.4, -0.2) is 28.5 Å². The first kappa shape index (κ1) is 14.5. The molecule has 3 rings (SSSR count). The van der Waals surface area contributed by atoms with E-state index in [9.17, 15) is 4.79 Å². The monoisotopic (exact) mass is 304 g/mol. The highest BCUT2D eigenvalue weighted by Crippen LogP contribution is 2.23. The number of carbonyl (C=O) groups is 1. The summed E-state index contributed by atoms with van der Waals surface area (Å²) in [6.45, 7) is 0.401. The Morgan fingerprint density at radius 1 is 1.29 bits per heavy atom. The molecule has 1 fully saturated rings. The van der Waals surface area contributed by atoms with Crippen LogP contribution in [0.15, 0.2) is 30.5 Å². The number of hydrogen-bond acceptors (Lipinski definition) is 1. The Kier molecular flexibility index (Phi) is 4.20. The first-order chi connectivity index (χ1) is 10.1. The minimum Gasteiger partial charge on any atom is -0.341 e. The molecule has 112 valence electrons. The van der Waals surface area contributed by atoms with Crippen molar-refractivity contribution in [2.75, 3.05) is 7.05 Å². The van der Waals surface area contributed by atoms with Crippen molar-refractivity contribution in [1.29, 1.82) is 0 Å². The van der Waals surface area contributed by atoms with Crippen molar-refractivity contribution in [2.45, 2.75) is 44.7 Å². The van der Waals surface area contributed by atoms with Gasteiger partial charge in [0.2, 0.25) is 5.91 Å². The van der Waals surface area contributed by atoms with Crippen molar-refractivity contribution in [3.05, 3.63) is 35.5 Å². The number of rotatable bonds is 3. The SMILES string of the molecule is CN(C(=O)Cn1ccc2cc(Cl)ccc21)C1CCCCC1. The van der Waals surface area contributed by atoms with E-state index >= 15 is 0 Å². The Bertz CT molecular complexity index is 643. The van der Waals surface area contributed by atoms with Crippen LogP contribution in [0.2, 0.25) is 5.02 Å². The number of fused-ring (bicyclic) bond motifs is 1. The van der Waals surface area contributed by atoms with Crippen LogP contribution in [0.25, 0.3) is 10.9 Å². The van der Waals surface area contributed by atoms with Crippen LogP contribution in [0.3, 0.4) is 0 Å². The van der Waals surface area contributed by atoms with E-state index in [-0.39, 0.29) is 5.91 Å². The third-order valence-electron chi connectivity index (χ3n) is 4.55. The highest BCUT2D eigenvalue weighted by atomic mass is 35.5. The van der Waals surface area contributed by atoms with Gasteiger partial charge < -0.3 is 9.47 Å². The summed E-state index contributed by atoms with van der Waals surface area (Å²) in [5.74, 6) is 0.189. The van der Waals surface area contributed by atoms with Crippen LogP contribution in [0, 0.1) is 0 Å². The molecular weight excluding hydrogens is 284 g/mol. The summed E-state index contributed by atoms with van der Waals surface area (Å²) < 4.78 is 2.01. The van der Waals surface area contributed by atoms with E-state index in [0.29, 0.717) is 12.6 Å². The molecule has 0 atom stereocenters. The predicted octanol–water partition coefficient (Wildman–Crippen LogP) is 4.09. The first-order valence-electron chi connectivity index (χ1n) is 7.65. The molecule has 1 aliphatic carbocycles. The van der Waals surface area contributed by atoms with E-state index in [2.05, 4.69) is 0 Å². The molecule has 0 N–H and O–H groups in total. The summed E-state index contributed by atoms with van der Waals surface area (Å²) in [7, 11) is 1.95. The summed E-state index contributed by atoms with van der Waals surface area (Å²) in [5, 5.41) is 1.81. The minimum absolute atomic E-state index is 0.189. The molecule has 3 nitrogen and oxygen atoms in total. The van der Waals surface area contributed by atoms with Crippen molar-refractivity contribution in [1.82, 2.24) is 9.47 Å². The Balaban J connectivity index is 1.73. The van der Waals surface area contributed by atoms with E-state index < -0.39 is 0 Å². The van der Waals surface area contributed by atoms with E-state index in [1.54, 1.807) is 0 Å². The lowest BCUT2D eigenvalue weighted by Crippen LogP contribution is -2.40. The molecule has 2 aromatic rings. The molecule has 0 bridgehead atoms. The van der Waals surface area contributed by atoms with Crippen LogP contribution in [0.5, 0.6) is 0 Å². The smallest absolute Gasteiger partial charge is 0.242 e. The number of likely N-dealkylation sites (N-methyl/N-ethyl adjacent to an activating group) is 1. The summed E-state index contributed by atoms with van der Waals surface area (Å²) in [6, 6.07) is 8.21. The Labute approximate surface area is 130 Å². The highest BCUT2D eigenvalue weighted by molar-refractivity contribution is 6.31. The number of amides is 1. The molecule has 0 unspecified atom stereocenters. The second kappa shape index (κ2) is 6.10. The number of carbonyl (C=O) groups excluding carboxylic acids is 1. The molecule has 0 radical (unpaired) electrons. The van der Waals surface area contributed by atoms with Gasteiger partial charge in [0.1, 0.15) is 6.54 Å². The van der Waals surface area contributed by atoms with E-state index in [1.807, 2.05) is 47.0 Å². The van der Waals surface area contributed by atoms with E-state index in [0.717, 1.165) is 28.8 Å². The molecular formula is C17H21ClN2O. The lowest BCUT2D eigenvalue weighted by Gasteiger charge is -2.31. The third-order valence-corrected chi connectivity index (χ3v) is 4.79. The number of hydrogen-bond donors (Lipinski definition) is 0. The number of aromatic nitrogens is 1. The molecule has 1 saturated carbocycles. The average Bonchev–Trinajstić information content (AvgIpc) is 2.89. The molecule has 4 heteroatoms. The second-order valence-corrected chi connectivity index (χ2v) is 6.38. The van der Waals surface area contributed by atoms with Crippen molar-refractivity contribution >= 4 is 28.4 Å². The number of halogens is 1. The molecule has 1 amide bonds. The average molecular weight is 305 g/mol. The van der Waals surface area contributed by atoms with Crippen molar-refractivity contribution in [2.24, 2.45) is 0 Å². The summed E-state index contributed by atoms with van der Waals surface area (Å²) in [6.07, 6.45) is 8.05. The maximum Gasteiger partial charge on any atom is 0.242 e. The van der Waals surface area contributed by atoms with Gasteiger partial charge in [-0.1, -0.05) is 30.9 Å². The van der Waals surface area contributed by atoms with Gasteiger partial charge in [0, 0.05) is 35.2 Å². The number of nitrogens with zero attached hydrogens (tertiary/aromatic N) is 2.